The van der Waals surface area contributed by atoms with Crippen molar-refractivity contribution >= 4 is 0 Å². The van der Waals surface area contributed by atoms with E-state index in [1.54, 1.807) is 7.11 Å². The van der Waals surface area contributed by atoms with Gasteiger partial charge >= 0.3 is 0 Å². The van der Waals surface area contributed by atoms with Gasteiger partial charge in [-0.3, -0.25) is 4.90 Å². The molecule has 0 aromatic heterocycles. The molecule has 0 saturated carbocycles. The lowest BCUT2D eigenvalue weighted by Gasteiger charge is -2.31. The maximum atomic E-state index is 5.23. The Morgan fingerprint density at radius 2 is 2.22 bits per heavy atom. The second kappa shape index (κ2) is 6.88. The van der Waals surface area contributed by atoms with Crippen molar-refractivity contribution in [3.05, 3.63) is 35.4 Å². The van der Waals surface area contributed by atoms with Crippen molar-refractivity contribution in [3.8, 4) is 0 Å². The summed E-state index contributed by atoms with van der Waals surface area (Å²) in [5.41, 5.74) is 2.93. The van der Waals surface area contributed by atoms with Gasteiger partial charge in [0.25, 0.3) is 0 Å². The summed E-state index contributed by atoms with van der Waals surface area (Å²) >= 11 is 0. The molecule has 1 N–H and O–H groups in total. The van der Waals surface area contributed by atoms with E-state index in [4.69, 9.17) is 4.74 Å². The molecular weight excluding hydrogens is 224 g/mol. The normalized spacial score (nSPS) is 19.6. The lowest BCUT2D eigenvalue weighted by molar-refractivity contribution is 0.120. The quantitative estimate of drug-likeness (QED) is 0.864. The van der Waals surface area contributed by atoms with E-state index < -0.39 is 0 Å². The van der Waals surface area contributed by atoms with Crippen molar-refractivity contribution in [2.45, 2.75) is 25.9 Å². The van der Waals surface area contributed by atoms with Crippen LogP contribution in [0.15, 0.2) is 24.3 Å². The maximum absolute atomic E-state index is 5.23. The predicted octanol–water partition coefficient (Wildman–Crippen LogP) is 2.19. The lowest BCUT2D eigenvalue weighted by atomic mass is 9.98. The Kier molecular flexibility index (Phi) is 5.17. The molecule has 0 fully saturated rings. The van der Waals surface area contributed by atoms with Gasteiger partial charge in [0.15, 0.2) is 0 Å². The van der Waals surface area contributed by atoms with Gasteiger partial charge in [-0.2, -0.15) is 0 Å². The smallest absolute Gasteiger partial charge is 0.0589 e. The second-order valence-electron chi connectivity index (χ2n) is 4.80. The van der Waals surface area contributed by atoms with Gasteiger partial charge < -0.3 is 10.1 Å². The summed E-state index contributed by atoms with van der Waals surface area (Å²) in [5.74, 6) is 0. The molecule has 1 aliphatic heterocycles. The van der Waals surface area contributed by atoms with Crippen molar-refractivity contribution < 1.29 is 4.74 Å². The zero-order chi connectivity index (χ0) is 12.8. The van der Waals surface area contributed by atoms with Gasteiger partial charge in [0.1, 0.15) is 0 Å². The van der Waals surface area contributed by atoms with Crippen LogP contribution in [0.25, 0.3) is 0 Å². The van der Waals surface area contributed by atoms with Crippen LogP contribution in [0.5, 0.6) is 0 Å². The number of rotatable bonds is 5. The SMILES string of the molecule is CCN(CCOC)C1CCNCc2ccccc21. The third-order valence-corrected chi connectivity index (χ3v) is 3.75. The topological polar surface area (TPSA) is 24.5 Å². The highest BCUT2D eigenvalue weighted by molar-refractivity contribution is 5.31. The van der Waals surface area contributed by atoms with Gasteiger partial charge in [0, 0.05) is 26.2 Å². The monoisotopic (exact) mass is 248 g/mol. The van der Waals surface area contributed by atoms with Gasteiger partial charge in [-0.15, -0.1) is 0 Å². The minimum atomic E-state index is 0.524. The fraction of sp³-hybridized carbons (Fsp3) is 0.600. The first-order valence-corrected chi connectivity index (χ1v) is 6.88. The van der Waals surface area contributed by atoms with Crippen LogP contribution in [0, 0.1) is 0 Å². The van der Waals surface area contributed by atoms with Crippen molar-refractivity contribution in [1.82, 2.24) is 10.2 Å². The number of likely N-dealkylation sites (N-methyl/N-ethyl adjacent to an activating group) is 1. The summed E-state index contributed by atoms with van der Waals surface area (Å²) in [7, 11) is 1.77. The van der Waals surface area contributed by atoms with E-state index in [2.05, 4.69) is 41.4 Å². The molecule has 1 aliphatic rings. The van der Waals surface area contributed by atoms with Crippen LogP contribution in [0.3, 0.4) is 0 Å². The lowest BCUT2D eigenvalue weighted by Crippen LogP contribution is -2.32. The first-order valence-electron chi connectivity index (χ1n) is 6.88. The Labute approximate surface area is 110 Å². The van der Waals surface area contributed by atoms with Crippen LogP contribution >= 0.6 is 0 Å². The van der Waals surface area contributed by atoms with Gasteiger partial charge in [-0.25, -0.2) is 0 Å². The fourth-order valence-electron chi connectivity index (χ4n) is 2.76. The maximum Gasteiger partial charge on any atom is 0.0589 e. The van der Waals surface area contributed by atoms with E-state index in [9.17, 15) is 0 Å². The van der Waals surface area contributed by atoms with Gasteiger partial charge in [0.2, 0.25) is 0 Å². The largest absolute Gasteiger partial charge is 0.383 e. The number of methoxy groups -OCH3 is 1. The number of nitrogens with zero attached hydrogens (tertiary/aromatic N) is 1. The van der Waals surface area contributed by atoms with Gasteiger partial charge in [-0.1, -0.05) is 31.2 Å². The molecule has 3 nitrogen and oxygen atoms in total. The summed E-state index contributed by atoms with van der Waals surface area (Å²) in [4.78, 5) is 2.52. The van der Waals surface area contributed by atoms with Crippen molar-refractivity contribution in [2.75, 3.05) is 33.4 Å². The molecule has 0 bridgehead atoms. The summed E-state index contributed by atoms with van der Waals surface area (Å²) in [6, 6.07) is 9.33. The predicted molar refractivity (Wildman–Crippen MR) is 74.6 cm³/mol. The molecule has 1 heterocycles. The molecule has 3 heteroatoms. The zero-order valence-electron chi connectivity index (χ0n) is 11.5. The van der Waals surface area contributed by atoms with Crippen molar-refractivity contribution in [1.29, 1.82) is 0 Å². The number of hydrogen-bond acceptors (Lipinski definition) is 3. The van der Waals surface area contributed by atoms with Gasteiger partial charge in [-0.05, 0) is 30.6 Å². The summed E-state index contributed by atoms with van der Waals surface area (Å²) in [5, 5.41) is 3.51. The number of fused-ring (bicyclic) bond motifs is 1. The molecule has 1 aromatic rings. The molecule has 0 saturated heterocycles. The number of benzene rings is 1. The van der Waals surface area contributed by atoms with Crippen LogP contribution < -0.4 is 5.32 Å². The molecular formula is C15H24N2O. The Hall–Kier alpha value is -0.900. The molecule has 0 amide bonds. The summed E-state index contributed by atoms with van der Waals surface area (Å²) < 4.78 is 5.23. The Bertz CT molecular complexity index is 367. The molecule has 0 spiro atoms. The van der Waals surface area contributed by atoms with E-state index in [1.165, 1.54) is 17.5 Å². The molecule has 1 aromatic carbocycles. The highest BCUT2D eigenvalue weighted by Gasteiger charge is 2.22. The van der Waals surface area contributed by atoms with E-state index in [0.717, 1.165) is 32.8 Å². The highest BCUT2D eigenvalue weighted by atomic mass is 16.5. The number of nitrogens with one attached hydrogen (secondary N) is 1. The number of hydrogen-bond donors (Lipinski definition) is 1. The fourth-order valence-corrected chi connectivity index (χ4v) is 2.76. The van der Waals surface area contributed by atoms with Crippen LogP contribution in [0.2, 0.25) is 0 Å². The van der Waals surface area contributed by atoms with E-state index >= 15 is 0 Å². The first-order chi connectivity index (χ1) is 8.86. The van der Waals surface area contributed by atoms with Gasteiger partial charge in [0.05, 0.1) is 6.61 Å². The molecule has 1 unspecified atom stereocenters. The van der Waals surface area contributed by atoms with E-state index in [0.29, 0.717) is 6.04 Å². The zero-order valence-corrected chi connectivity index (χ0v) is 11.5. The molecule has 0 aliphatic carbocycles. The molecule has 100 valence electrons. The third-order valence-electron chi connectivity index (χ3n) is 3.75. The van der Waals surface area contributed by atoms with Crippen LogP contribution in [0.1, 0.15) is 30.5 Å². The van der Waals surface area contributed by atoms with Crippen LogP contribution in [0.4, 0.5) is 0 Å². The molecule has 1 atom stereocenters. The summed E-state index contributed by atoms with van der Waals surface area (Å²) in [6.45, 7) is 7.20. The molecule has 2 rings (SSSR count). The second-order valence-corrected chi connectivity index (χ2v) is 4.80. The summed E-state index contributed by atoms with van der Waals surface area (Å²) in [6.07, 6.45) is 1.18. The van der Waals surface area contributed by atoms with Crippen LogP contribution in [-0.2, 0) is 11.3 Å². The Morgan fingerprint density at radius 1 is 1.39 bits per heavy atom. The number of ether oxygens (including phenoxy) is 1. The van der Waals surface area contributed by atoms with Crippen LogP contribution in [-0.4, -0.2) is 38.3 Å². The standard InChI is InChI=1S/C15H24N2O/c1-3-17(10-11-18-2)15-8-9-16-12-13-6-4-5-7-14(13)15/h4-7,15-16H,3,8-12H2,1-2H3. The van der Waals surface area contributed by atoms with E-state index in [1.807, 2.05) is 0 Å². The Balaban J connectivity index is 2.20. The highest BCUT2D eigenvalue weighted by Crippen LogP contribution is 2.28. The van der Waals surface area contributed by atoms with Crippen molar-refractivity contribution in [2.24, 2.45) is 0 Å². The molecule has 0 radical (unpaired) electrons. The first kappa shape index (κ1) is 13.5. The van der Waals surface area contributed by atoms with E-state index in [-0.39, 0.29) is 0 Å². The average Bonchev–Trinajstić information content (AvgIpc) is 2.63. The minimum Gasteiger partial charge on any atom is -0.383 e. The third kappa shape index (κ3) is 3.10. The van der Waals surface area contributed by atoms with Crippen molar-refractivity contribution in [3.63, 3.8) is 0 Å². The average molecular weight is 248 g/mol. The Morgan fingerprint density at radius 3 is 3.00 bits per heavy atom. The molecule has 18 heavy (non-hydrogen) atoms. The minimum absolute atomic E-state index is 0.524.